The van der Waals surface area contributed by atoms with Crippen molar-refractivity contribution >= 4 is 0 Å². The fraction of sp³-hybridized carbons (Fsp3) is 0.267. The topological polar surface area (TPSA) is 22.1 Å². The molecule has 17 heavy (non-hydrogen) atoms. The Hall–Kier alpha value is -1.83. The number of ether oxygens (including phenoxy) is 1. The standard InChI is InChI=1S/C15H17NO/c1-11-8-15(9-12(2)13(11)3)17-10-14-6-4-5-7-16-14/h4-9H,10H2,1-3H3. The molecule has 1 heterocycles. The molecule has 0 spiro atoms. The van der Waals surface area contributed by atoms with Gasteiger partial charge in [-0.15, -0.1) is 0 Å². The first-order chi connectivity index (χ1) is 8.16. The van der Waals surface area contributed by atoms with Crippen molar-refractivity contribution in [3.63, 3.8) is 0 Å². The molecule has 0 aliphatic rings. The van der Waals surface area contributed by atoms with E-state index >= 15 is 0 Å². The fourth-order valence-corrected chi connectivity index (χ4v) is 1.72. The van der Waals surface area contributed by atoms with Gasteiger partial charge in [0.2, 0.25) is 0 Å². The highest BCUT2D eigenvalue weighted by atomic mass is 16.5. The van der Waals surface area contributed by atoms with Crippen molar-refractivity contribution in [1.29, 1.82) is 0 Å². The van der Waals surface area contributed by atoms with Gasteiger partial charge >= 0.3 is 0 Å². The predicted molar refractivity (Wildman–Crippen MR) is 69.2 cm³/mol. The van der Waals surface area contributed by atoms with Crippen molar-refractivity contribution in [2.24, 2.45) is 0 Å². The Kier molecular flexibility index (Phi) is 3.43. The molecule has 2 heteroatoms. The molecule has 0 amide bonds. The Morgan fingerprint density at radius 1 is 1.06 bits per heavy atom. The van der Waals surface area contributed by atoms with E-state index in [2.05, 4.69) is 37.9 Å². The van der Waals surface area contributed by atoms with E-state index in [-0.39, 0.29) is 0 Å². The van der Waals surface area contributed by atoms with E-state index in [1.165, 1.54) is 16.7 Å². The van der Waals surface area contributed by atoms with Gasteiger partial charge < -0.3 is 4.74 Å². The number of hydrogen-bond acceptors (Lipinski definition) is 2. The first-order valence-electron chi connectivity index (χ1n) is 5.77. The molecule has 0 saturated carbocycles. The van der Waals surface area contributed by atoms with Crippen LogP contribution in [-0.4, -0.2) is 4.98 Å². The molecule has 2 nitrogen and oxygen atoms in total. The minimum absolute atomic E-state index is 0.517. The highest BCUT2D eigenvalue weighted by molar-refractivity contribution is 5.40. The normalized spacial score (nSPS) is 10.3. The summed E-state index contributed by atoms with van der Waals surface area (Å²) in [7, 11) is 0. The van der Waals surface area contributed by atoms with Gasteiger partial charge in [0.1, 0.15) is 12.4 Å². The van der Waals surface area contributed by atoms with Gasteiger partial charge in [-0.25, -0.2) is 0 Å². The molecule has 0 aliphatic carbocycles. The minimum Gasteiger partial charge on any atom is -0.487 e. The Balaban J connectivity index is 2.10. The molecule has 0 saturated heterocycles. The molecule has 2 rings (SSSR count). The van der Waals surface area contributed by atoms with Gasteiger partial charge in [-0.3, -0.25) is 4.98 Å². The van der Waals surface area contributed by atoms with Gasteiger partial charge in [0, 0.05) is 6.20 Å². The molecule has 0 radical (unpaired) electrons. The molecular formula is C15H17NO. The lowest BCUT2D eigenvalue weighted by Crippen LogP contribution is -1.99. The van der Waals surface area contributed by atoms with Crippen molar-refractivity contribution in [1.82, 2.24) is 4.98 Å². The van der Waals surface area contributed by atoms with E-state index in [0.717, 1.165) is 11.4 Å². The third-order valence-electron chi connectivity index (χ3n) is 3.01. The van der Waals surface area contributed by atoms with Gasteiger partial charge in [-0.1, -0.05) is 6.07 Å². The number of pyridine rings is 1. The zero-order valence-corrected chi connectivity index (χ0v) is 10.5. The summed E-state index contributed by atoms with van der Waals surface area (Å²) in [6.45, 7) is 6.86. The van der Waals surface area contributed by atoms with E-state index in [4.69, 9.17) is 4.74 Å². The summed E-state index contributed by atoms with van der Waals surface area (Å²) in [6, 6.07) is 9.99. The van der Waals surface area contributed by atoms with Crippen LogP contribution in [0.25, 0.3) is 0 Å². The molecule has 88 valence electrons. The summed E-state index contributed by atoms with van der Waals surface area (Å²) in [5.41, 5.74) is 4.81. The summed E-state index contributed by atoms with van der Waals surface area (Å²) in [6.07, 6.45) is 1.78. The van der Waals surface area contributed by atoms with Crippen LogP contribution in [0.4, 0.5) is 0 Å². The highest BCUT2D eigenvalue weighted by Gasteiger charge is 2.02. The first-order valence-corrected chi connectivity index (χ1v) is 5.77. The Bertz CT molecular complexity index is 483. The second-order valence-corrected chi connectivity index (χ2v) is 4.29. The summed E-state index contributed by atoms with van der Waals surface area (Å²) in [5.74, 6) is 0.913. The molecular weight excluding hydrogens is 210 g/mol. The SMILES string of the molecule is Cc1cc(OCc2ccccn2)cc(C)c1C. The first kappa shape index (κ1) is 11.6. The molecule has 2 aromatic rings. The molecule has 1 aromatic heterocycles. The summed E-state index contributed by atoms with van der Waals surface area (Å²) >= 11 is 0. The van der Waals surface area contributed by atoms with Crippen molar-refractivity contribution in [3.8, 4) is 5.75 Å². The van der Waals surface area contributed by atoms with Gasteiger partial charge in [0.05, 0.1) is 5.69 Å². The predicted octanol–water partition coefficient (Wildman–Crippen LogP) is 3.59. The van der Waals surface area contributed by atoms with Crippen LogP contribution in [0.5, 0.6) is 5.75 Å². The Morgan fingerprint density at radius 3 is 2.35 bits per heavy atom. The smallest absolute Gasteiger partial charge is 0.130 e. The maximum atomic E-state index is 5.75. The molecule has 0 unspecified atom stereocenters. The fourth-order valence-electron chi connectivity index (χ4n) is 1.72. The number of aryl methyl sites for hydroxylation is 2. The van der Waals surface area contributed by atoms with Crippen LogP contribution >= 0.6 is 0 Å². The maximum Gasteiger partial charge on any atom is 0.130 e. The van der Waals surface area contributed by atoms with Crippen LogP contribution in [0.1, 0.15) is 22.4 Å². The molecule has 0 atom stereocenters. The average Bonchev–Trinajstić information content (AvgIpc) is 2.34. The van der Waals surface area contributed by atoms with Crippen LogP contribution < -0.4 is 4.74 Å². The minimum atomic E-state index is 0.517. The molecule has 0 aliphatic heterocycles. The van der Waals surface area contributed by atoms with Crippen LogP contribution in [0.3, 0.4) is 0 Å². The van der Waals surface area contributed by atoms with Crippen LogP contribution in [-0.2, 0) is 6.61 Å². The third kappa shape index (κ3) is 2.84. The second kappa shape index (κ2) is 5.00. The van der Waals surface area contributed by atoms with E-state index in [0.29, 0.717) is 6.61 Å². The molecule has 0 bridgehead atoms. The van der Waals surface area contributed by atoms with Crippen LogP contribution in [0.2, 0.25) is 0 Å². The highest BCUT2D eigenvalue weighted by Crippen LogP contribution is 2.21. The van der Waals surface area contributed by atoms with Crippen LogP contribution in [0, 0.1) is 20.8 Å². The Labute approximate surface area is 102 Å². The summed E-state index contributed by atoms with van der Waals surface area (Å²) in [4.78, 5) is 4.23. The van der Waals surface area contributed by atoms with E-state index < -0.39 is 0 Å². The summed E-state index contributed by atoms with van der Waals surface area (Å²) in [5, 5.41) is 0. The van der Waals surface area contributed by atoms with Crippen molar-refractivity contribution in [3.05, 3.63) is 58.9 Å². The third-order valence-corrected chi connectivity index (χ3v) is 3.01. The molecule has 1 aromatic carbocycles. The zero-order chi connectivity index (χ0) is 12.3. The average molecular weight is 227 g/mol. The van der Waals surface area contributed by atoms with Crippen LogP contribution in [0.15, 0.2) is 36.5 Å². The van der Waals surface area contributed by atoms with Gasteiger partial charge in [0.25, 0.3) is 0 Å². The number of nitrogens with zero attached hydrogens (tertiary/aromatic N) is 1. The number of benzene rings is 1. The second-order valence-electron chi connectivity index (χ2n) is 4.29. The zero-order valence-electron chi connectivity index (χ0n) is 10.5. The van der Waals surface area contributed by atoms with Crippen molar-refractivity contribution in [2.45, 2.75) is 27.4 Å². The van der Waals surface area contributed by atoms with Crippen molar-refractivity contribution < 1.29 is 4.74 Å². The lowest BCUT2D eigenvalue weighted by Gasteiger charge is -2.10. The van der Waals surface area contributed by atoms with Gasteiger partial charge in [0.15, 0.2) is 0 Å². The monoisotopic (exact) mass is 227 g/mol. The molecule has 0 N–H and O–H groups in total. The van der Waals surface area contributed by atoms with Gasteiger partial charge in [-0.2, -0.15) is 0 Å². The van der Waals surface area contributed by atoms with E-state index in [9.17, 15) is 0 Å². The maximum absolute atomic E-state index is 5.75. The lowest BCUT2D eigenvalue weighted by molar-refractivity contribution is 0.301. The largest absolute Gasteiger partial charge is 0.487 e. The number of aromatic nitrogens is 1. The quantitative estimate of drug-likeness (QED) is 0.799. The number of rotatable bonds is 3. The summed E-state index contributed by atoms with van der Waals surface area (Å²) < 4.78 is 5.75. The Morgan fingerprint density at radius 2 is 1.76 bits per heavy atom. The van der Waals surface area contributed by atoms with Gasteiger partial charge in [-0.05, 0) is 61.7 Å². The van der Waals surface area contributed by atoms with Crippen molar-refractivity contribution in [2.75, 3.05) is 0 Å². The van der Waals surface area contributed by atoms with E-state index in [1.807, 2.05) is 18.2 Å². The van der Waals surface area contributed by atoms with E-state index in [1.54, 1.807) is 6.20 Å². The lowest BCUT2D eigenvalue weighted by atomic mass is 10.0. The number of hydrogen-bond donors (Lipinski definition) is 0. The molecule has 0 fully saturated rings.